The molecule has 0 atom stereocenters. The van der Waals surface area contributed by atoms with Crippen molar-refractivity contribution in [2.24, 2.45) is 0 Å². The molecule has 0 unspecified atom stereocenters. The zero-order valence-electron chi connectivity index (χ0n) is 17.0. The van der Waals surface area contributed by atoms with Crippen LogP contribution < -0.4 is 10.1 Å². The zero-order chi connectivity index (χ0) is 21.0. The molecule has 0 heterocycles. The van der Waals surface area contributed by atoms with Gasteiger partial charge in [-0.2, -0.15) is 0 Å². The first-order valence-corrected chi connectivity index (χ1v) is 10.2. The first-order chi connectivity index (χ1) is 13.8. The van der Waals surface area contributed by atoms with E-state index in [1.165, 1.54) is 7.11 Å². The number of rotatable bonds is 5. The van der Waals surface area contributed by atoms with Crippen molar-refractivity contribution >= 4 is 23.5 Å². The minimum absolute atomic E-state index is 0.283. The smallest absolute Gasteiger partial charge is 0.331 e. The Bertz CT molecular complexity index is 919. The summed E-state index contributed by atoms with van der Waals surface area (Å²) in [5.74, 6) is 0.712. The second-order valence-corrected chi connectivity index (χ2v) is 8.02. The van der Waals surface area contributed by atoms with Crippen LogP contribution >= 0.6 is 11.6 Å². The zero-order valence-corrected chi connectivity index (χ0v) is 17.8. The Labute approximate surface area is 176 Å². The van der Waals surface area contributed by atoms with Gasteiger partial charge in [0.2, 0.25) is 0 Å². The minimum atomic E-state index is -0.937. The summed E-state index contributed by atoms with van der Waals surface area (Å²) >= 11 is 6.00. The van der Waals surface area contributed by atoms with Crippen LogP contribution in [0.3, 0.4) is 0 Å². The van der Waals surface area contributed by atoms with Gasteiger partial charge in [-0.25, -0.2) is 4.79 Å². The van der Waals surface area contributed by atoms with Crippen molar-refractivity contribution < 1.29 is 19.1 Å². The fourth-order valence-corrected chi connectivity index (χ4v) is 4.00. The van der Waals surface area contributed by atoms with E-state index in [9.17, 15) is 9.59 Å². The molecule has 1 aliphatic carbocycles. The van der Waals surface area contributed by atoms with Gasteiger partial charge in [0, 0.05) is 10.6 Å². The number of hydrogen-bond donors (Lipinski definition) is 1. The third-order valence-corrected chi connectivity index (χ3v) is 5.67. The second-order valence-electron chi connectivity index (χ2n) is 7.58. The van der Waals surface area contributed by atoms with Crippen molar-refractivity contribution in [1.82, 2.24) is 5.32 Å². The summed E-state index contributed by atoms with van der Waals surface area (Å²) in [4.78, 5) is 25.2. The first-order valence-electron chi connectivity index (χ1n) is 9.80. The van der Waals surface area contributed by atoms with E-state index in [0.29, 0.717) is 34.9 Å². The molecule has 0 spiro atoms. The Balaban J connectivity index is 1.78. The topological polar surface area (TPSA) is 64.6 Å². The van der Waals surface area contributed by atoms with Crippen LogP contribution in [-0.4, -0.2) is 24.5 Å². The Morgan fingerprint density at radius 3 is 2.17 bits per heavy atom. The number of hydrogen-bond acceptors (Lipinski definition) is 4. The normalized spacial score (nSPS) is 15.4. The van der Waals surface area contributed by atoms with Gasteiger partial charge < -0.3 is 14.8 Å². The third-order valence-electron chi connectivity index (χ3n) is 5.43. The highest BCUT2D eigenvalue weighted by atomic mass is 35.5. The second kappa shape index (κ2) is 8.87. The third kappa shape index (κ3) is 4.73. The van der Waals surface area contributed by atoms with Gasteiger partial charge in [-0.05, 0) is 74.2 Å². The van der Waals surface area contributed by atoms with Crippen molar-refractivity contribution in [3.8, 4) is 11.5 Å². The molecule has 0 saturated heterocycles. The van der Waals surface area contributed by atoms with Crippen molar-refractivity contribution in [2.45, 2.75) is 51.5 Å². The van der Waals surface area contributed by atoms with Crippen molar-refractivity contribution in [1.29, 1.82) is 0 Å². The number of nitrogens with one attached hydrogen (secondary N) is 1. The van der Waals surface area contributed by atoms with E-state index in [-0.39, 0.29) is 11.9 Å². The molecule has 29 heavy (non-hydrogen) atoms. The molecule has 1 aliphatic rings. The quantitative estimate of drug-likeness (QED) is 0.668. The predicted octanol–water partition coefficient (Wildman–Crippen LogP) is 5.35. The maximum atomic E-state index is 12.9. The lowest BCUT2D eigenvalue weighted by Crippen LogP contribution is -2.56. The van der Waals surface area contributed by atoms with E-state index in [1.807, 2.05) is 26.0 Å². The monoisotopic (exact) mass is 415 g/mol. The summed E-state index contributed by atoms with van der Waals surface area (Å²) in [5, 5.41) is 3.60. The summed E-state index contributed by atoms with van der Waals surface area (Å²) in [6.45, 7) is 3.81. The van der Waals surface area contributed by atoms with Crippen LogP contribution in [0.25, 0.3) is 0 Å². The fraction of sp³-hybridized carbons (Fsp3) is 0.391. The van der Waals surface area contributed by atoms with Crippen molar-refractivity contribution in [3.63, 3.8) is 0 Å². The molecule has 1 fully saturated rings. The molecular formula is C23H26ClNO4. The molecule has 1 saturated carbocycles. The van der Waals surface area contributed by atoms with E-state index in [0.717, 1.165) is 30.4 Å². The van der Waals surface area contributed by atoms with Gasteiger partial charge in [0.15, 0.2) is 0 Å². The van der Waals surface area contributed by atoms with Crippen LogP contribution in [0.4, 0.5) is 0 Å². The van der Waals surface area contributed by atoms with E-state index in [1.54, 1.807) is 24.3 Å². The number of esters is 1. The van der Waals surface area contributed by atoms with Crippen molar-refractivity contribution in [3.05, 3.63) is 58.1 Å². The predicted molar refractivity (Wildman–Crippen MR) is 113 cm³/mol. The molecule has 1 N–H and O–H groups in total. The fourth-order valence-electron chi connectivity index (χ4n) is 3.77. The first kappa shape index (κ1) is 21.2. The van der Waals surface area contributed by atoms with Gasteiger partial charge in [0.25, 0.3) is 5.91 Å². The molecule has 154 valence electrons. The summed E-state index contributed by atoms with van der Waals surface area (Å²) in [7, 11) is 1.36. The highest BCUT2D eigenvalue weighted by molar-refractivity contribution is 6.30. The van der Waals surface area contributed by atoms with Crippen LogP contribution in [0.1, 0.15) is 53.6 Å². The summed E-state index contributed by atoms with van der Waals surface area (Å²) in [5.41, 5.74) is 1.29. The Morgan fingerprint density at radius 1 is 0.966 bits per heavy atom. The molecule has 1 amide bonds. The number of aryl methyl sites for hydroxylation is 2. The molecule has 3 rings (SSSR count). The summed E-state index contributed by atoms with van der Waals surface area (Å²) in [6, 6.07) is 10.7. The lowest BCUT2D eigenvalue weighted by Gasteiger charge is -2.35. The van der Waals surface area contributed by atoms with Gasteiger partial charge in [-0.1, -0.05) is 30.9 Å². The van der Waals surface area contributed by atoms with Gasteiger partial charge in [0.1, 0.15) is 17.0 Å². The van der Waals surface area contributed by atoms with Gasteiger partial charge >= 0.3 is 5.97 Å². The average molecular weight is 416 g/mol. The van der Waals surface area contributed by atoms with Gasteiger partial charge in [-0.3, -0.25) is 4.79 Å². The molecule has 5 nitrogen and oxygen atoms in total. The maximum Gasteiger partial charge on any atom is 0.331 e. The van der Waals surface area contributed by atoms with Crippen LogP contribution in [0.5, 0.6) is 11.5 Å². The molecule has 0 radical (unpaired) electrons. The van der Waals surface area contributed by atoms with E-state index in [4.69, 9.17) is 21.1 Å². The average Bonchev–Trinajstić information content (AvgIpc) is 2.71. The van der Waals surface area contributed by atoms with Gasteiger partial charge in [0.05, 0.1) is 7.11 Å². The molecule has 0 bridgehead atoms. The maximum absolute atomic E-state index is 12.9. The highest BCUT2D eigenvalue weighted by Gasteiger charge is 2.42. The van der Waals surface area contributed by atoms with Crippen LogP contribution in [-0.2, 0) is 9.53 Å². The Morgan fingerprint density at radius 2 is 1.59 bits per heavy atom. The lowest BCUT2D eigenvalue weighted by molar-refractivity contribution is -0.149. The van der Waals surface area contributed by atoms with Crippen LogP contribution in [0, 0.1) is 13.8 Å². The largest absolute Gasteiger partial charge is 0.467 e. The molecule has 2 aromatic rings. The number of methoxy groups -OCH3 is 1. The van der Waals surface area contributed by atoms with Gasteiger partial charge in [-0.15, -0.1) is 0 Å². The molecular weight excluding hydrogens is 390 g/mol. The number of benzene rings is 2. The van der Waals surface area contributed by atoms with Crippen LogP contribution in [0.15, 0.2) is 36.4 Å². The Kier molecular flexibility index (Phi) is 6.48. The molecule has 0 aliphatic heterocycles. The molecule has 2 aromatic carbocycles. The lowest BCUT2D eigenvalue weighted by atomic mass is 9.81. The summed E-state index contributed by atoms with van der Waals surface area (Å²) in [6.07, 6.45) is 4.04. The number of halogens is 1. The van der Waals surface area contributed by atoms with E-state index >= 15 is 0 Å². The highest BCUT2D eigenvalue weighted by Crippen LogP contribution is 2.32. The minimum Gasteiger partial charge on any atom is -0.467 e. The Hall–Kier alpha value is -2.53. The van der Waals surface area contributed by atoms with Crippen molar-refractivity contribution in [2.75, 3.05) is 7.11 Å². The number of amides is 1. The summed E-state index contributed by atoms with van der Waals surface area (Å²) < 4.78 is 11.0. The van der Waals surface area contributed by atoms with E-state index in [2.05, 4.69) is 5.32 Å². The van der Waals surface area contributed by atoms with Crippen LogP contribution in [0.2, 0.25) is 5.02 Å². The molecule has 6 heteroatoms. The molecule has 0 aromatic heterocycles. The van der Waals surface area contributed by atoms with E-state index < -0.39 is 5.54 Å². The number of ether oxygens (including phenoxy) is 2. The SMILES string of the molecule is COC(=O)C1(NC(=O)c2ccc(Oc3ccc(Cl)cc3C)c(C)c2)CCCCC1. The number of carbonyl (C=O) groups is 2. The standard InChI is InChI=1S/C23H26ClNO4/c1-15-13-17(7-9-19(15)29-20-10-8-18(24)14-16(20)2)21(26)25-23(22(27)28-3)11-5-4-6-12-23/h7-10,13-14H,4-6,11-12H2,1-3H3,(H,25,26). The number of carbonyl (C=O) groups excluding carboxylic acids is 2.